The SMILES string of the molecule is NCCCCO[Si]O. The van der Waals surface area contributed by atoms with Gasteiger partial charge in [0.1, 0.15) is 0 Å². The molecule has 0 aliphatic rings. The molecule has 0 aromatic carbocycles. The Balaban J connectivity index is 2.53. The second-order valence-electron chi connectivity index (χ2n) is 1.44. The summed E-state index contributed by atoms with van der Waals surface area (Å²) in [5, 5.41) is 0. The van der Waals surface area contributed by atoms with Crippen LogP contribution in [0, 0.1) is 0 Å². The van der Waals surface area contributed by atoms with Crippen LogP contribution in [0.25, 0.3) is 0 Å². The number of rotatable bonds is 5. The van der Waals surface area contributed by atoms with Crippen LogP contribution in [0.1, 0.15) is 12.8 Å². The Morgan fingerprint density at radius 2 is 2.25 bits per heavy atom. The van der Waals surface area contributed by atoms with Crippen molar-refractivity contribution in [2.75, 3.05) is 13.2 Å². The van der Waals surface area contributed by atoms with Gasteiger partial charge in [-0.3, -0.25) is 0 Å². The predicted molar refractivity (Wildman–Crippen MR) is 32.2 cm³/mol. The molecular weight excluding hydrogens is 122 g/mol. The van der Waals surface area contributed by atoms with Crippen molar-refractivity contribution in [3.8, 4) is 0 Å². The van der Waals surface area contributed by atoms with Crippen molar-refractivity contribution < 1.29 is 9.22 Å². The first kappa shape index (κ1) is 8.10. The molecule has 0 rings (SSSR count). The van der Waals surface area contributed by atoms with Crippen LogP contribution in [0.5, 0.6) is 0 Å². The molecule has 8 heavy (non-hydrogen) atoms. The van der Waals surface area contributed by atoms with Crippen LogP contribution in [0.4, 0.5) is 0 Å². The van der Waals surface area contributed by atoms with E-state index in [4.69, 9.17) is 10.5 Å². The molecule has 3 N–H and O–H groups in total. The van der Waals surface area contributed by atoms with Gasteiger partial charge in [-0.05, 0) is 19.4 Å². The number of hydrogen-bond acceptors (Lipinski definition) is 3. The van der Waals surface area contributed by atoms with E-state index in [0.29, 0.717) is 13.2 Å². The molecule has 0 saturated carbocycles. The normalized spacial score (nSPS) is 9.75. The third-order valence-electron chi connectivity index (χ3n) is 0.765. The van der Waals surface area contributed by atoms with Crippen LogP contribution in [0.15, 0.2) is 0 Å². The lowest BCUT2D eigenvalue weighted by molar-refractivity contribution is 0.277. The number of unbranched alkanes of at least 4 members (excludes halogenated alkanes) is 1. The molecule has 0 atom stereocenters. The largest absolute Gasteiger partial charge is 0.430 e. The molecule has 4 heteroatoms. The van der Waals surface area contributed by atoms with E-state index in [1.165, 1.54) is 0 Å². The Morgan fingerprint density at radius 1 is 1.50 bits per heavy atom. The summed E-state index contributed by atoms with van der Waals surface area (Å²) in [6.07, 6.45) is 1.93. The summed E-state index contributed by atoms with van der Waals surface area (Å²) in [5.74, 6) is 0. The highest BCUT2D eigenvalue weighted by Crippen LogP contribution is 1.84. The standard InChI is InChI=1S/C4H11NO2Si/c5-3-1-2-4-7-8-6/h6H,1-5H2. The molecule has 0 spiro atoms. The molecule has 0 amide bonds. The lowest BCUT2D eigenvalue weighted by Gasteiger charge is -1.95. The van der Waals surface area contributed by atoms with E-state index in [1.807, 2.05) is 0 Å². The van der Waals surface area contributed by atoms with E-state index in [0.717, 1.165) is 12.8 Å². The molecule has 0 aliphatic heterocycles. The summed E-state index contributed by atoms with van der Waals surface area (Å²) >= 11 is 0. The molecule has 0 bridgehead atoms. The van der Waals surface area contributed by atoms with E-state index >= 15 is 0 Å². The lowest BCUT2D eigenvalue weighted by atomic mass is 10.3. The average Bonchev–Trinajstić information content (AvgIpc) is 1.81. The van der Waals surface area contributed by atoms with Crippen LogP contribution in [-0.2, 0) is 4.43 Å². The molecule has 0 aromatic rings. The van der Waals surface area contributed by atoms with Crippen LogP contribution in [0.2, 0.25) is 0 Å². The van der Waals surface area contributed by atoms with Gasteiger partial charge in [-0.25, -0.2) is 0 Å². The van der Waals surface area contributed by atoms with Crippen molar-refractivity contribution >= 4 is 10.0 Å². The van der Waals surface area contributed by atoms with Crippen LogP contribution in [-0.4, -0.2) is 28.0 Å². The van der Waals surface area contributed by atoms with Gasteiger partial charge < -0.3 is 15.0 Å². The molecule has 0 fully saturated rings. The van der Waals surface area contributed by atoms with Gasteiger partial charge in [0.15, 0.2) is 0 Å². The van der Waals surface area contributed by atoms with Gasteiger partial charge in [0.05, 0.1) is 0 Å². The molecule has 2 radical (unpaired) electrons. The number of hydrogen-bond donors (Lipinski definition) is 2. The monoisotopic (exact) mass is 133 g/mol. The second kappa shape index (κ2) is 7.10. The van der Waals surface area contributed by atoms with Crippen molar-refractivity contribution in [1.82, 2.24) is 0 Å². The van der Waals surface area contributed by atoms with Crippen molar-refractivity contribution in [3.63, 3.8) is 0 Å². The maximum atomic E-state index is 8.14. The minimum atomic E-state index is -0.372. The van der Waals surface area contributed by atoms with Crippen molar-refractivity contribution in [1.29, 1.82) is 0 Å². The van der Waals surface area contributed by atoms with Gasteiger partial charge in [-0.2, -0.15) is 0 Å². The first-order valence-corrected chi connectivity index (χ1v) is 3.48. The summed E-state index contributed by atoms with van der Waals surface area (Å²) < 4.78 is 4.66. The summed E-state index contributed by atoms with van der Waals surface area (Å²) in [4.78, 5) is 8.14. The van der Waals surface area contributed by atoms with Crippen LogP contribution >= 0.6 is 0 Å². The highest BCUT2D eigenvalue weighted by atomic mass is 28.2. The lowest BCUT2D eigenvalue weighted by Crippen LogP contribution is -2.03. The fourth-order valence-electron chi connectivity index (χ4n) is 0.364. The van der Waals surface area contributed by atoms with Gasteiger partial charge >= 0.3 is 10.0 Å². The molecule has 0 saturated heterocycles. The van der Waals surface area contributed by atoms with E-state index in [-0.39, 0.29) is 10.0 Å². The van der Waals surface area contributed by atoms with E-state index in [1.54, 1.807) is 0 Å². The minimum absolute atomic E-state index is 0.372. The van der Waals surface area contributed by atoms with Gasteiger partial charge in [0.2, 0.25) is 0 Å². The summed E-state index contributed by atoms with van der Waals surface area (Å²) in [7, 11) is -0.372. The predicted octanol–water partition coefficient (Wildman–Crippen LogP) is -0.732. The average molecular weight is 133 g/mol. The first-order chi connectivity index (χ1) is 3.91. The number of nitrogens with two attached hydrogens (primary N) is 1. The van der Waals surface area contributed by atoms with Crippen molar-refractivity contribution in [2.45, 2.75) is 12.8 Å². The summed E-state index contributed by atoms with van der Waals surface area (Å²) in [6, 6.07) is 0. The highest BCUT2D eigenvalue weighted by Gasteiger charge is 1.85. The van der Waals surface area contributed by atoms with Gasteiger partial charge in [0.25, 0.3) is 0 Å². The van der Waals surface area contributed by atoms with E-state index in [2.05, 4.69) is 4.43 Å². The molecule has 0 aliphatic carbocycles. The maximum absolute atomic E-state index is 8.14. The maximum Gasteiger partial charge on any atom is 0.430 e. The Morgan fingerprint density at radius 3 is 2.75 bits per heavy atom. The summed E-state index contributed by atoms with van der Waals surface area (Å²) in [6.45, 7) is 1.34. The smallest absolute Gasteiger partial charge is 0.409 e. The Hall–Kier alpha value is 0.0969. The molecule has 3 nitrogen and oxygen atoms in total. The Kier molecular flexibility index (Phi) is 7.18. The van der Waals surface area contributed by atoms with Gasteiger partial charge in [-0.1, -0.05) is 0 Å². The fourth-order valence-corrected chi connectivity index (χ4v) is 0.600. The van der Waals surface area contributed by atoms with Gasteiger partial charge in [-0.15, -0.1) is 0 Å². The fraction of sp³-hybridized carbons (Fsp3) is 1.00. The van der Waals surface area contributed by atoms with Gasteiger partial charge in [0, 0.05) is 6.61 Å². The van der Waals surface area contributed by atoms with Crippen LogP contribution < -0.4 is 5.73 Å². The van der Waals surface area contributed by atoms with Crippen molar-refractivity contribution in [3.05, 3.63) is 0 Å². The quantitative estimate of drug-likeness (QED) is 0.384. The third-order valence-corrected chi connectivity index (χ3v) is 1.10. The summed E-state index contributed by atoms with van der Waals surface area (Å²) in [5.41, 5.74) is 5.19. The zero-order valence-electron chi connectivity index (χ0n) is 4.76. The van der Waals surface area contributed by atoms with E-state index in [9.17, 15) is 0 Å². The highest BCUT2D eigenvalue weighted by molar-refractivity contribution is 6.15. The Labute approximate surface area is 51.9 Å². The molecule has 0 heterocycles. The zero-order chi connectivity index (χ0) is 6.24. The Bertz CT molecular complexity index is 39.0. The molecule has 0 unspecified atom stereocenters. The topological polar surface area (TPSA) is 55.5 Å². The van der Waals surface area contributed by atoms with Crippen molar-refractivity contribution in [2.24, 2.45) is 5.73 Å². The van der Waals surface area contributed by atoms with E-state index < -0.39 is 0 Å². The molecule has 0 aromatic heterocycles. The molecule has 48 valence electrons. The minimum Gasteiger partial charge on any atom is -0.409 e. The van der Waals surface area contributed by atoms with Crippen LogP contribution in [0.3, 0.4) is 0 Å². The second-order valence-corrected chi connectivity index (χ2v) is 1.91. The first-order valence-electron chi connectivity index (χ1n) is 2.62. The molecular formula is C4H11NO2Si. The zero-order valence-corrected chi connectivity index (χ0v) is 5.76. The third kappa shape index (κ3) is 6.10.